The third-order valence-corrected chi connectivity index (χ3v) is 6.77. The van der Waals surface area contributed by atoms with Crippen molar-refractivity contribution in [1.29, 1.82) is 0 Å². The molecule has 214 valence electrons. The molecule has 0 aliphatic carbocycles. The van der Waals surface area contributed by atoms with E-state index in [4.69, 9.17) is 13.9 Å². The monoisotopic (exact) mass is 568 g/mol. The lowest BCUT2D eigenvalue weighted by molar-refractivity contribution is -0.232. The second kappa shape index (κ2) is 10.6. The third-order valence-electron chi connectivity index (χ3n) is 6.77. The minimum Gasteiger partial charge on any atom is -0.508 e. The van der Waals surface area contributed by atoms with Gasteiger partial charge in [-0.3, -0.25) is 4.79 Å². The Morgan fingerprint density at radius 2 is 1.56 bits per heavy atom. The second-order valence-corrected chi connectivity index (χ2v) is 9.39. The van der Waals surface area contributed by atoms with E-state index in [-0.39, 0.29) is 28.2 Å². The van der Waals surface area contributed by atoms with Gasteiger partial charge in [0.1, 0.15) is 58.4 Å². The maximum absolute atomic E-state index is 13.1. The highest BCUT2D eigenvalue weighted by molar-refractivity contribution is 5.90. The predicted octanol–water partition coefficient (Wildman–Crippen LogP) is 1.37. The second-order valence-electron chi connectivity index (χ2n) is 9.39. The van der Waals surface area contributed by atoms with E-state index >= 15 is 0 Å². The lowest BCUT2D eigenvalue weighted by Gasteiger charge is -2.42. The average Bonchev–Trinajstić information content (AvgIpc) is 2.93. The van der Waals surface area contributed by atoms with Crippen LogP contribution in [0.2, 0.25) is 0 Å². The topological polar surface area (TPSA) is 228 Å². The van der Waals surface area contributed by atoms with Crippen molar-refractivity contribution in [2.75, 3.05) is 6.61 Å². The number of aliphatic hydroxyl groups excluding tert-OH is 3. The highest BCUT2D eigenvalue weighted by atomic mass is 16.6. The molecule has 0 radical (unpaired) electrons. The van der Waals surface area contributed by atoms with Gasteiger partial charge in [0.2, 0.25) is 0 Å². The zero-order valence-electron chi connectivity index (χ0n) is 20.9. The minimum atomic E-state index is -1.87. The zero-order chi connectivity index (χ0) is 29.6. The number of fused-ring (bicyclic) bond motifs is 1. The van der Waals surface area contributed by atoms with Gasteiger partial charge in [-0.2, -0.15) is 0 Å². The molecule has 1 aliphatic heterocycles. The molecule has 0 bridgehead atoms. The Morgan fingerprint density at radius 3 is 2.22 bits per heavy atom. The molecule has 0 saturated carbocycles. The molecule has 1 aliphatic rings. The molecule has 5 atom stereocenters. The van der Waals surface area contributed by atoms with Gasteiger partial charge in [0, 0.05) is 17.7 Å². The van der Waals surface area contributed by atoms with E-state index in [1.807, 2.05) is 0 Å². The van der Waals surface area contributed by atoms with Gasteiger partial charge in [0.25, 0.3) is 0 Å². The number of rotatable bonds is 5. The number of aliphatic hydroxyl groups is 3. The number of hydrogen-bond donors (Lipinski definition) is 8. The van der Waals surface area contributed by atoms with Crippen LogP contribution in [0.5, 0.6) is 28.7 Å². The Hall–Kier alpha value is -4.82. The van der Waals surface area contributed by atoms with Crippen LogP contribution in [0, 0.1) is 0 Å². The molecule has 8 N–H and O–H groups in total. The van der Waals surface area contributed by atoms with Crippen LogP contribution >= 0.6 is 0 Å². The fourth-order valence-electron chi connectivity index (χ4n) is 4.65. The molecule has 1 saturated heterocycles. The van der Waals surface area contributed by atoms with Gasteiger partial charge in [-0.05, 0) is 42.5 Å². The Labute approximate surface area is 229 Å². The highest BCUT2D eigenvalue weighted by Gasteiger charge is 2.49. The standard InChI is InChI=1S/C28H24O13/c29-10-20-23(35)25(37)27(41-28(38)11-1-4-13(30)5-2-11)26(40-20)22-17(34)9-19-21(24(22)36)16(33)8-18(39-19)12-3-6-14(31)15(32)7-12/h1-9,20,23,25-27,29-32,34-37H,10H2. The van der Waals surface area contributed by atoms with E-state index < -0.39 is 82.5 Å². The molecule has 0 spiro atoms. The zero-order valence-corrected chi connectivity index (χ0v) is 20.9. The van der Waals surface area contributed by atoms with Crippen molar-refractivity contribution >= 4 is 16.9 Å². The molecular formula is C28H24O13. The van der Waals surface area contributed by atoms with Gasteiger partial charge >= 0.3 is 5.97 Å². The third kappa shape index (κ3) is 4.98. The van der Waals surface area contributed by atoms with E-state index in [9.17, 15) is 50.4 Å². The summed E-state index contributed by atoms with van der Waals surface area (Å²) in [6.45, 7) is -0.798. The van der Waals surface area contributed by atoms with Crippen molar-refractivity contribution in [2.45, 2.75) is 30.5 Å². The smallest absolute Gasteiger partial charge is 0.338 e. The summed E-state index contributed by atoms with van der Waals surface area (Å²) in [6.07, 6.45) is -8.50. The summed E-state index contributed by atoms with van der Waals surface area (Å²) < 4.78 is 16.7. The van der Waals surface area contributed by atoms with Crippen molar-refractivity contribution in [1.82, 2.24) is 0 Å². The fourth-order valence-corrected chi connectivity index (χ4v) is 4.65. The van der Waals surface area contributed by atoms with Gasteiger partial charge in [-0.15, -0.1) is 0 Å². The van der Waals surface area contributed by atoms with Gasteiger partial charge in [-0.25, -0.2) is 4.79 Å². The van der Waals surface area contributed by atoms with Gasteiger partial charge in [0.15, 0.2) is 23.0 Å². The van der Waals surface area contributed by atoms with Crippen LogP contribution in [-0.2, 0) is 9.47 Å². The molecule has 5 rings (SSSR count). The molecule has 4 aromatic rings. The Bertz CT molecular complexity index is 1680. The summed E-state index contributed by atoms with van der Waals surface area (Å²) in [6, 6.07) is 10.5. The van der Waals surface area contributed by atoms with Crippen molar-refractivity contribution in [3.05, 3.63) is 75.9 Å². The van der Waals surface area contributed by atoms with E-state index in [1.165, 1.54) is 36.4 Å². The van der Waals surface area contributed by atoms with E-state index in [0.717, 1.165) is 18.2 Å². The normalized spacial score (nSPS) is 22.5. The number of phenols is 5. The quantitative estimate of drug-likeness (QED) is 0.126. The van der Waals surface area contributed by atoms with Crippen LogP contribution in [0.4, 0.5) is 0 Å². The molecular weight excluding hydrogens is 544 g/mol. The summed E-state index contributed by atoms with van der Waals surface area (Å²) in [4.78, 5) is 25.9. The number of benzene rings is 3. The molecule has 5 unspecified atom stereocenters. The minimum absolute atomic E-state index is 0.0482. The molecule has 0 amide bonds. The summed E-state index contributed by atoms with van der Waals surface area (Å²) in [5, 5.41) is 81.5. The molecule has 1 aromatic heterocycles. The van der Waals surface area contributed by atoms with Gasteiger partial charge < -0.3 is 54.7 Å². The van der Waals surface area contributed by atoms with Crippen molar-refractivity contribution in [3.63, 3.8) is 0 Å². The summed E-state index contributed by atoms with van der Waals surface area (Å²) >= 11 is 0. The Morgan fingerprint density at radius 1 is 0.854 bits per heavy atom. The largest absolute Gasteiger partial charge is 0.508 e. The fraction of sp³-hybridized carbons (Fsp3) is 0.214. The predicted molar refractivity (Wildman–Crippen MR) is 139 cm³/mol. The highest BCUT2D eigenvalue weighted by Crippen LogP contribution is 2.46. The van der Waals surface area contributed by atoms with E-state index in [2.05, 4.69) is 0 Å². The number of aromatic hydroxyl groups is 5. The van der Waals surface area contributed by atoms with E-state index in [1.54, 1.807) is 0 Å². The van der Waals surface area contributed by atoms with Crippen molar-refractivity contribution in [3.8, 4) is 40.1 Å². The molecule has 13 heteroatoms. The number of hydrogen-bond acceptors (Lipinski definition) is 13. The van der Waals surface area contributed by atoms with Crippen LogP contribution in [0.15, 0.2) is 63.8 Å². The summed E-state index contributed by atoms with van der Waals surface area (Å²) in [7, 11) is 0. The first-order valence-electron chi connectivity index (χ1n) is 12.2. The van der Waals surface area contributed by atoms with Crippen LogP contribution < -0.4 is 5.43 Å². The summed E-state index contributed by atoms with van der Waals surface area (Å²) in [5.74, 6) is -3.65. The van der Waals surface area contributed by atoms with E-state index in [0.29, 0.717) is 0 Å². The maximum Gasteiger partial charge on any atom is 0.338 e. The van der Waals surface area contributed by atoms with Gasteiger partial charge in [-0.1, -0.05) is 0 Å². The molecule has 2 heterocycles. The van der Waals surface area contributed by atoms with Crippen LogP contribution in [0.25, 0.3) is 22.3 Å². The molecule has 1 fully saturated rings. The van der Waals surface area contributed by atoms with Crippen molar-refractivity contribution < 1.29 is 59.5 Å². The first-order chi connectivity index (χ1) is 19.5. The SMILES string of the molecule is O=C(OC1C(c2c(O)cc3oc(-c4ccc(O)c(O)c4)cc(=O)c3c2O)OC(CO)C(O)C1O)c1ccc(O)cc1. The number of carbonyl (C=O) groups excluding carboxylic acids is 1. The number of carbonyl (C=O) groups is 1. The summed E-state index contributed by atoms with van der Waals surface area (Å²) in [5.41, 5.74) is -1.42. The number of ether oxygens (including phenoxy) is 2. The lowest BCUT2D eigenvalue weighted by atomic mass is 9.89. The number of phenolic OH excluding ortho intramolecular Hbond substituents is 5. The molecule has 41 heavy (non-hydrogen) atoms. The Kier molecular flexibility index (Phi) is 7.19. The lowest BCUT2D eigenvalue weighted by Crippen LogP contribution is -2.56. The molecule has 3 aromatic carbocycles. The van der Waals surface area contributed by atoms with Crippen LogP contribution in [-0.4, -0.2) is 77.8 Å². The van der Waals surface area contributed by atoms with Crippen LogP contribution in [0.3, 0.4) is 0 Å². The number of esters is 1. The average molecular weight is 568 g/mol. The van der Waals surface area contributed by atoms with Gasteiger partial charge in [0.05, 0.1) is 17.7 Å². The van der Waals surface area contributed by atoms with Crippen LogP contribution in [0.1, 0.15) is 22.0 Å². The first-order valence-corrected chi connectivity index (χ1v) is 12.2. The first kappa shape index (κ1) is 27.7. The maximum atomic E-state index is 13.1. The van der Waals surface area contributed by atoms with Crippen molar-refractivity contribution in [2.24, 2.45) is 0 Å². The molecule has 13 nitrogen and oxygen atoms in total. The Balaban J connectivity index is 1.60.